The highest BCUT2D eigenvalue weighted by Gasteiger charge is 2.27. The van der Waals surface area contributed by atoms with Gasteiger partial charge in [0.25, 0.3) is 0 Å². The highest BCUT2D eigenvalue weighted by atomic mass is 35.5. The van der Waals surface area contributed by atoms with Crippen LogP contribution >= 0.6 is 11.6 Å². The van der Waals surface area contributed by atoms with Gasteiger partial charge in [-0.1, -0.05) is 6.07 Å². The summed E-state index contributed by atoms with van der Waals surface area (Å²) in [5.41, 5.74) is 2.26. The number of amides is 1. The Morgan fingerprint density at radius 2 is 2.39 bits per heavy atom. The molecule has 2 heterocycles. The van der Waals surface area contributed by atoms with Crippen LogP contribution < -0.4 is 0 Å². The monoisotopic (exact) mass is 263 g/mol. The number of hydrogen-bond acceptors (Lipinski definition) is 2. The second-order valence-electron chi connectivity index (χ2n) is 4.68. The predicted molar refractivity (Wildman–Crippen MR) is 70.6 cm³/mol. The first-order valence-corrected chi connectivity index (χ1v) is 6.50. The van der Waals surface area contributed by atoms with Gasteiger partial charge in [0.05, 0.1) is 17.1 Å². The summed E-state index contributed by atoms with van der Waals surface area (Å²) in [7, 11) is 0. The van der Waals surface area contributed by atoms with Crippen molar-refractivity contribution in [1.82, 2.24) is 15.1 Å². The molecule has 0 radical (unpaired) electrons. The zero-order chi connectivity index (χ0) is 12.5. The van der Waals surface area contributed by atoms with Crippen molar-refractivity contribution >= 4 is 28.4 Å². The van der Waals surface area contributed by atoms with Crippen LogP contribution in [0.5, 0.6) is 0 Å². The van der Waals surface area contributed by atoms with E-state index in [1.807, 2.05) is 17.2 Å². The second kappa shape index (κ2) is 4.61. The van der Waals surface area contributed by atoms with E-state index in [-0.39, 0.29) is 11.3 Å². The Morgan fingerprint density at radius 1 is 1.50 bits per heavy atom. The lowest BCUT2D eigenvalue weighted by Crippen LogP contribution is -2.27. The summed E-state index contributed by atoms with van der Waals surface area (Å²) in [5, 5.41) is 8.01. The Labute approximate surface area is 110 Å². The van der Waals surface area contributed by atoms with E-state index in [1.54, 1.807) is 0 Å². The molecule has 1 aromatic heterocycles. The van der Waals surface area contributed by atoms with Gasteiger partial charge in [-0.2, -0.15) is 5.10 Å². The molecule has 0 spiro atoms. The van der Waals surface area contributed by atoms with E-state index in [9.17, 15) is 4.79 Å². The van der Waals surface area contributed by atoms with Crippen LogP contribution in [0.3, 0.4) is 0 Å². The summed E-state index contributed by atoms with van der Waals surface area (Å²) in [6, 6.07) is 6.20. The average Bonchev–Trinajstić information content (AvgIpc) is 2.92. The first-order chi connectivity index (χ1) is 8.72. The van der Waals surface area contributed by atoms with Crippen LogP contribution in [0.4, 0.5) is 0 Å². The molecule has 0 aliphatic carbocycles. The van der Waals surface area contributed by atoms with Gasteiger partial charge in [0, 0.05) is 24.9 Å². The highest BCUT2D eigenvalue weighted by molar-refractivity contribution is 6.22. The Balaban J connectivity index is 1.67. The van der Waals surface area contributed by atoms with E-state index in [4.69, 9.17) is 11.6 Å². The molecule has 1 saturated heterocycles. The molecule has 3 rings (SSSR count). The number of fused-ring (bicyclic) bond motifs is 1. The van der Waals surface area contributed by atoms with E-state index in [0.29, 0.717) is 13.0 Å². The number of likely N-dealkylation sites (tertiary alicyclic amines) is 1. The number of H-pyrrole nitrogens is 1. The lowest BCUT2D eigenvalue weighted by molar-refractivity contribution is -0.127. The molecule has 1 aliphatic rings. The van der Waals surface area contributed by atoms with E-state index in [1.165, 1.54) is 5.56 Å². The zero-order valence-electron chi connectivity index (χ0n) is 9.90. The Bertz CT molecular complexity index is 580. The third-order valence-electron chi connectivity index (χ3n) is 3.34. The molecule has 1 aliphatic heterocycles. The topological polar surface area (TPSA) is 49.0 Å². The number of aromatic amines is 1. The highest BCUT2D eigenvalue weighted by Crippen LogP contribution is 2.18. The maximum Gasteiger partial charge on any atom is 0.224 e. The number of alkyl halides is 1. The lowest BCUT2D eigenvalue weighted by Gasteiger charge is -2.15. The number of rotatable bonds is 3. The molecule has 2 aromatic rings. The minimum Gasteiger partial charge on any atom is -0.341 e. The van der Waals surface area contributed by atoms with Gasteiger partial charge < -0.3 is 4.90 Å². The van der Waals surface area contributed by atoms with Crippen molar-refractivity contribution in [3.8, 4) is 0 Å². The van der Waals surface area contributed by atoms with E-state index in [2.05, 4.69) is 22.3 Å². The van der Waals surface area contributed by atoms with Crippen molar-refractivity contribution in [2.24, 2.45) is 0 Å². The second-order valence-corrected chi connectivity index (χ2v) is 5.30. The van der Waals surface area contributed by atoms with Gasteiger partial charge in [-0.3, -0.25) is 9.89 Å². The molecule has 18 heavy (non-hydrogen) atoms. The van der Waals surface area contributed by atoms with Crippen LogP contribution in [-0.4, -0.2) is 39.5 Å². The number of nitrogens with one attached hydrogen (secondary N) is 1. The molecule has 1 fully saturated rings. The van der Waals surface area contributed by atoms with Gasteiger partial charge in [0.2, 0.25) is 5.91 Å². The predicted octanol–water partition coefficient (Wildman–Crippen LogP) is 1.95. The third-order valence-corrected chi connectivity index (χ3v) is 3.63. The maximum absolute atomic E-state index is 11.6. The first kappa shape index (κ1) is 11.5. The average molecular weight is 264 g/mol. The summed E-state index contributed by atoms with van der Waals surface area (Å²) in [4.78, 5) is 13.4. The maximum atomic E-state index is 11.6. The molecule has 1 amide bonds. The molecule has 1 atom stereocenters. The van der Waals surface area contributed by atoms with Gasteiger partial charge in [-0.15, -0.1) is 11.6 Å². The third kappa shape index (κ3) is 2.20. The SMILES string of the molecule is O=C1CC(Cl)CN1CCc1ccc2[nH]ncc2c1. The summed E-state index contributed by atoms with van der Waals surface area (Å²) in [6.45, 7) is 1.42. The molecule has 1 aromatic carbocycles. The summed E-state index contributed by atoms with van der Waals surface area (Å²) in [6.07, 6.45) is 3.15. The van der Waals surface area contributed by atoms with Crippen molar-refractivity contribution in [2.75, 3.05) is 13.1 Å². The van der Waals surface area contributed by atoms with Crippen molar-refractivity contribution in [3.63, 3.8) is 0 Å². The molecule has 0 bridgehead atoms. The van der Waals surface area contributed by atoms with Crippen LogP contribution in [0, 0.1) is 0 Å². The van der Waals surface area contributed by atoms with E-state index < -0.39 is 0 Å². The minimum atomic E-state index is -0.0196. The van der Waals surface area contributed by atoms with Crippen LogP contribution in [-0.2, 0) is 11.2 Å². The fourth-order valence-electron chi connectivity index (χ4n) is 2.35. The summed E-state index contributed by atoms with van der Waals surface area (Å²) < 4.78 is 0. The molecule has 5 heteroatoms. The van der Waals surface area contributed by atoms with E-state index in [0.717, 1.165) is 23.9 Å². The number of aromatic nitrogens is 2. The molecule has 1 N–H and O–H groups in total. The summed E-state index contributed by atoms with van der Waals surface area (Å²) in [5.74, 6) is 0.166. The van der Waals surface area contributed by atoms with Crippen LogP contribution in [0.25, 0.3) is 10.9 Å². The van der Waals surface area contributed by atoms with Gasteiger partial charge in [0.1, 0.15) is 0 Å². The van der Waals surface area contributed by atoms with Crippen molar-refractivity contribution in [3.05, 3.63) is 30.0 Å². The number of carbonyl (C=O) groups is 1. The van der Waals surface area contributed by atoms with Gasteiger partial charge in [-0.25, -0.2) is 0 Å². The molecular formula is C13H14ClN3O. The smallest absolute Gasteiger partial charge is 0.224 e. The molecule has 94 valence electrons. The zero-order valence-corrected chi connectivity index (χ0v) is 10.7. The molecular weight excluding hydrogens is 250 g/mol. The first-order valence-electron chi connectivity index (χ1n) is 6.06. The molecule has 4 nitrogen and oxygen atoms in total. The Hall–Kier alpha value is -1.55. The fraction of sp³-hybridized carbons (Fsp3) is 0.385. The number of nitrogens with zero attached hydrogens (tertiary/aromatic N) is 2. The molecule has 1 unspecified atom stereocenters. The standard InChI is InChI=1S/C13H14ClN3O/c14-11-6-13(18)17(8-11)4-3-9-1-2-12-10(5-9)7-15-16-12/h1-2,5,7,11H,3-4,6,8H2,(H,15,16). The minimum absolute atomic E-state index is 0.0196. The number of halogens is 1. The Morgan fingerprint density at radius 3 is 3.17 bits per heavy atom. The normalized spacial score (nSPS) is 19.9. The molecule has 0 saturated carbocycles. The fourth-order valence-corrected chi connectivity index (χ4v) is 2.65. The van der Waals surface area contributed by atoms with Crippen molar-refractivity contribution in [1.29, 1.82) is 0 Å². The van der Waals surface area contributed by atoms with Crippen molar-refractivity contribution in [2.45, 2.75) is 18.2 Å². The summed E-state index contributed by atoms with van der Waals surface area (Å²) >= 11 is 5.97. The number of benzene rings is 1. The lowest BCUT2D eigenvalue weighted by atomic mass is 10.1. The largest absolute Gasteiger partial charge is 0.341 e. The van der Waals surface area contributed by atoms with Gasteiger partial charge in [0.15, 0.2) is 0 Å². The van der Waals surface area contributed by atoms with Crippen LogP contribution in [0.15, 0.2) is 24.4 Å². The number of hydrogen-bond donors (Lipinski definition) is 1. The van der Waals surface area contributed by atoms with Crippen LogP contribution in [0.2, 0.25) is 0 Å². The van der Waals surface area contributed by atoms with Crippen LogP contribution in [0.1, 0.15) is 12.0 Å². The van der Waals surface area contributed by atoms with Crippen molar-refractivity contribution < 1.29 is 4.79 Å². The number of carbonyl (C=O) groups excluding carboxylic acids is 1. The van der Waals surface area contributed by atoms with Gasteiger partial charge in [-0.05, 0) is 24.1 Å². The van der Waals surface area contributed by atoms with Gasteiger partial charge >= 0.3 is 0 Å². The van der Waals surface area contributed by atoms with E-state index >= 15 is 0 Å². The quantitative estimate of drug-likeness (QED) is 0.861. The Kier molecular flexibility index (Phi) is 2.96.